The van der Waals surface area contributed by atoms with Gasteiger partial charge in [0.2, 0.25) is 5.91 Å². The zero-order valence-corrected chi connectivity index (χ0v) is 20.0. The molecule has 4 aromatic rings. The molecule has 1 amide bonds. The van der Waals surface area contributed by atoms with Crippen molar-refractivity contribution in [2.45, 2.75) is 6.42 Å². The molecule has 176 valence electrons. The lowest BCUT2D eigenvalue weighted by Gasteiger charge is -2.19. The third-order valence-electron chi connectivity index (χ3n) is 5.82. The van der Waals surface area contributed by atoms with Crippen molar-refractivity contribution in [3.05, 3.63) is 89.5 Å². The van der Waals surface area contributed by atoms with Crippen molar-refractivity contribution in [2.75, 3.05) is 32.6 Å². The predicted octanol–water partition coefficient (Wildman–Crippen LogP) is 4.83. The van der Waals surface area contributed by atoms with E-state index < -0.39 is 0 Å². The van der Waals surface area contributed by atoms with E-state index in [0.717, 1.165) is 16.6 Å². The number of nitrogens with one attached hydrogen (secondary N) is 1. The largest absolute Gasteiger partial charge is 0.494 e. The van der Waals surface area contributed by atoms with Gasteiger partial charge in [0.15, 0.2) is 5.88 Å². The number of hydrogen-bond donors (Lipinski definition) is 2. The molecule has 0 fully saturated rings. The lowest BCUT2D eigenvalue weighted by molar-refractivity contribution is -0.118. The molecule has 0 aliphatic heterocycles. The summed E-state index contributed by atoms with van der Waals surface area (Å²) in [4.78, 5) is 24.0. The Balaban J connectivity index is 1.73. The minimum absolute atomic E-state index is 0.0134. The highest BCUT2D eigenvalue weighted by Crippen LogP contribution is 2.32. The Hall–Kier alpha value is -4.41. The second-order valence-corrected chi connectivity index (χ2v) is 8.57. The van der Waals surface area contributed by atoms with E-state index in [0.29, 0.717) is 41.0 Å². The van der Waals surface area contributed by atoms with Gasteiger partial charge in [0.25, 0.3) is 0 Å². The summed E-state index contributed by atoms with van der Waals surface area (Å²) in [5.74, 6) is 0.0286. The fraction of sp³-hybridized carbons (Fsp3) is 0.179. The van der Waals surface area contributed by atoms with Gasteiger partial charge in [0, 0.05) is 36.7 Å². The molecule has 2 N–H and O–H groups in total. The Morgan fingerprint density at radius 1 is 1.03 bits per heavy atom. The van der Waals surface area contributed by atoms with Crippen molar-refractivity contribution < 1.29 is 9.90 Å². The number of rotatable bonds is 7. The first-order valence-electron chi connectivity index (χ1n) is 11.3. The molecule has 0 bridgehead atoms. The SMILES string of the molecule is CN(C)CCC(=O)N(C)c1ccc(N=C(c2ccccc2)c2c(O)[nH]c3cc(C#N)ccc23)cc1. The number of anilines is 1. The van der Waals surface area contributed by atoms with Gasteiger partial charge in [-0.05, 0) is 50.5 Å². The Morgan fingerprint density at radius 3 is 2.40 bits per heavy atom. The molecule has 0 spiro atoms. The fourth-order valence-corrected chi connectivity index (χ4v) is 3.86. The second kappa shape index (κ2) is 10.2. The maximum absolute atomic E-state index is 12.5. The lowest BCUT2D eigenvalue weighted by Crippen LogP contribution is -2.29. The van der Waals surface area contributed by atoms with E-state index in [1.54, 1.807) is 24.1 Å². The number of nitrogens with zero attached hydrogens (tertiary/aromatic N) is 4. The summed E-state index contributed by atoms with van der Waals surface area (Å²) in [6.07, 6.45) is 0.439. The molecule has 0 atom stereocenters. The zero-order valence-electron chi connectivity index (χ0n) is 20.0. The molecule has 3 aromatic carbocycles. The summed E-state index contributed by atoms with van der Waals surface area (Å²) in [5, 5.41) is 20.8. The van der Waals surface area contributed by atoms with Gasteiger partial charge in [-0.25, -0.2) is 4.99 Å². The van der Waals surface area contributed by atoms with E-state index in [1.807, 2.05) is 79.7 Å². The third-order valence-corrected chi connectivity index (χ3v) is 5.82. The number of amides is 1. The molecule has 0 aliphatic carbocycles. The number of aliphatic imine (C=N–C) groups is 1. The minimum atomic E-state index is -0.0134. The highest BCUT2D eigenvalue weighted by Gasteiger charge is 2.19. The third kappa shape index (κ3) is 5.24. The average Bonchev–Trinajstić information content (AvgIpc) is 3.20. The van der Waals surface area contributed by atoms with Gasteiger partial charge in [0.05, 0.1) is 34.1 Å². The van der Waals surface area contributed by atoms with Gasteiger partial charge in [-0.2, -0.15) is 5.26 Å². The average molecular weight is 466 g/mol. The van der Waals surface area contributed by atoms with Crippen LogP contribution in [-0.2, 0) is 4.79 Å². The van der Waals surface area contributed by atoms with Gasteiger partial charge in [-0.15, -0.1) is 0 Å². The van der Waals surface area contributed by atoms with Gasteiger partial charge >= 0.3 is 0 Å². The number of aromatic amines is 1. The number of carbonyl (C=O) groups excluding carboxylic acids is 1. The molecule has 4 rings (SSSR count). The summed E-state index contributed by atoms with van der Waals surface area (Å²) in [6, 6.07) is 24.4. The Kier molecular flexibility index (Phi) is 6.95. The number of hydrogen-bond acceptors (Lipinski definition) is 5. The number of fused-ring (bicyclic) bond motifs is 1. The van der Waals surface area contributed by atoms with Crippen molar-refractivity contribution in [1.82, 2.24) is 9.88 Å². The summed E-state index contributed by atoms with van der Waals surface area (Å²) in [6.45, 7) is 0.690. The maximum atomic E-state index is 12.5. The van der Waals surface area contributed by atoms with Crippen LogP contribution in [-0.4, -0.2) is 54.3 Å². The first kappa shape index (κ1) is 23.7. The van der Waals surface area contributed by atoms with Crippen LogP contribution in [0, 0.1) is 11.3 Å². The number of nitriles is 1. The molecular formula is C28H27N5O2. The van der Waals surface area contributed by atoms with Crippen molar-refractivity contribution in [2.24, 2.45) is 4.99 Å². The van der Waals surface area contributed by atoms with Crippen LogP contribution in [0.15, 0.2) is 77.8 Å². The van der Waals surface area contributed by atoms with Crippen LogP contribution in [0.25, 0.3) is 10.9 Å². The Bertz CT molecular complexity index is 1410. The maximum Gasteiger partial charge on any atom is 0.228 e. The molecule has 7 heteroatoms. The van der Waals surface area contributed by atoms with Gasteiger partial charge in [0.1, 0.15) is 0 Å². The van der Waals surface area contributed by atoms with Crippen LogP contribution < -0.4 is 4.90 Å². The highest BCUT2D eigenvalue weighted by molar-refractivity contribution is 6.22. The predicted molar refractivity (Wildman–Crippen MR) is 139 cm³/mol. The number of carbonyl (C=O) groups is 1. The Morgan fingerprint density at radius 2 is 1.74 bits per heavy atom. The van der Waals surface area contributed by atoms with E-state index in [-0.39, 0.29) is 11.8 Å². The van der Waals surface area contributed by atoms with E-state index >= 15 is 0 Å². The smallest absolute Gasteiger partial charge is 0.228 e. The van der Waals surface area contributed by atoms with Crippen molar-refractivity contribution in [3.63, 3.8) is 0 Å². The summed E-state index contributed by atoms with van der Waals surface area (Å²) in [7, 11) is 5.65. The molecule has 1 aromatic heterocycles. The monoisotopic (exact) mass is 465 g/mol. The molecule has 0 aliphatic rings. The zero-order chi connectivity index (χ0) is 24.9. The summed E-state index contributed by atoms with van der Waals surface area (Å²) in [5.41, 5.74) is 4.64. The van der Waals surface area contributed by atoms with E-state index in [2.05, 4.69) is 11.1 Å². The van der Waals surface area contributed by atoms with E-state index in [4.69, 9.17) is 4.99 Å². The molecule has 35 heavy (non-hydrogen) atoms. The van der Waals surface area contributed by atoms with Crippen LogP contribution in [0.3, 0.4) is 0 Å². The quantitative estimate of drug-likeness (QED) is 0.382. The van der Waals surface area contributed by atoms with Crippen LogP contribution in [0.1, 0.15) is 23.1 Å². The van der Waals surface area contributed by atoms with Gasteiger partial charge in [-0.3, -0.25) is 4.79 Å². The van der Waals surface area contributed by atoms with Crippen molar-refractivity contribution in [3.8, 4) is 11.9 Å². The number of aromatic hydroxyl groups is 1. The van der Waals surface area contributed by atoms with Gasteiger partial charge in [-0.1, -0.05) is 36.4 Å². The topological polar surface area (TPSA) is 95.7 Å². The molecule has 1 heterocycles. The molecule has 0 radical (unpaired) electrons. The van der Waals surface area contributed by atoms with Crippen LogP contribution in [0.5, 0.6) is 5.88 Å². The lowest BCUT2D eigenvalue weighted by atomic mass is 10.00. The molecule has 0 saturated carbocycles. The van der Waals surface area contributed by atoms with E-state index in [1.165, 1.54) is 0 Å². The van der Waals surface area contributed by atoms with Crippen LogP contribution in [0.4, 0.5) is 11.4 Å². The first-order valence-corrected chi connectivity index (χ1v) is 11.3. The molecule has 0 saturated heterocycles. The van der Waals surface area contributed by atoms with Crippen molar-refractivity contribution in [1.29, 1.82) is 5.26 Å². The molecule has 7 nitrogen and oxygen atoms in total. The van der Waals surface area contributed by atoms with Gasteiger partial charge < -0.3 is 19.9 Å². The fourth-order valence-electron chi connectivity index (χ4n) is 3.86. The highest BCUT2D eigenvalue weighted by atomic mass is 16.3. The number of aromatic nitrogens is 1. The second-order valence-electron chi connectivity index (χ2n) is 8.57. The molecular weight excluding hydrogens is 438 g/mol. The van der Waals surface area contributed by atoms with E-state index in [9.17, 15) is 15.2 Å². The molecule has 0 unspecified atom stereocenters. The first-order chi connectivity index (χ1) is 16.9. The number of H-pyrrole nitrogens is 1. The minimum Gasteiger partial charge on any atom is -0.494 e. The standard InChI is InChI=1S/C28H27N5O2/c1-32(2)16-15-25(34)33(3)22-12-10-21(11-13-22)30-27(20-7-5-4-6-8-20)26-23-14-9-19(18-29)17-24(23)31-28(26)35/h4-14,17,31,35H,15-16H2,1-3H3. The van der Waals surface area contributed by atoms with Crippen LogP contribution in [0.2, 0.25) is 0 Å². The van der Waals surface area contributed by atoms with Crippen molar-refractivity contribution >= 4 is 33.9 Å². The number of benzene rings is 3. The summed E-state index contributed by atoms with van der Waals surface area (Å²) >= 11 is 0. The normalized spacial score (nSPS) is 11.6. The van der Waals surface area contributed by atoms with Crippen LogP contribution >= 0.6 is 0 Å². The summed E-state index contributed by atoms with van der Waals surface area (Å²) < 4.78 is 0. The Labute approximate surface area is 204 Å².